The van der Waals surface area contributed by atoms with Crippen LogP contribution in [0.5, 0.6) is 11.5 Å². The second kappa shape index (κ2) is 5.80. The first-order valence-corrected chi connectivity index (χ1v) is 5.92. The Morgan fingerprint density at radius 1 is 1.06 bits per heavy atom. The molecule has 0 unspecified atom stereocenters. The quantitative estimate of drug-likeness (QED) is 0.849. The molecule has 1 aromatic carbocycles. The summed E-state index contributed by atoms with van der Waals surface area (Å²) in [4.78, 5) is 0. The van der Waals surface area contributed by atoms with Crippen LogP contribution < -0.4 is 14.8 Å². The third-order valence-electron chi connectivity index (χ3n) is 2.59. The first-order chi connectivity index (χ1) is 7.96. The maximum absolute atomic E-state index is 5.26. The summed E-state index contributed by atoms with van der Waals surface area (Å²) in [5.41, 5.74) is 1.41. The summed E-state index contributed by atoms with van der Waals surface area (Å²) in [6.45, 7) is 7.68. The molecule has 0 fully saturated rings. The third kappa shape index (κ3) is 4.55. The summed E-state index contributed by atoms with van der Waals surface area (Å²) in [5.74, 6) is 1.52. The van der Waals surface area contributed by atoms with Crippen LogP contribution in [-0.4, -0.2) is 20.8 Å². The monoisotopic (exact) mass is 237 g/mol. The summed E-state index contributed by atoms with van der Waals surface area (Å²) >= 11 is 0. The lowest BCUT2D eigenvalue weighted by atomic mass is 9.92. The van der Waals surface area contributed by atoms with Crippen LogP contribution in [0.25, 0.3) is 0 Å². The molecule has 17 heavy (non-hydrogen) atoms. The van der Waals surface area contributed by atoms with Gasteiger partial charge in [0, 0.05) is 18.3 Å². The molecule has 0 heterocycles. The summed E-state index contributed by atoms with van der Waals surface area (Å²) in [7, 11) is 3.29. The van der Waals surface area contributed by atoms with Crippen molar-refractivity contribution in [2.45, 2.75) is 27.2 Å². The van der Waals surface area contributed by atoms with E-state index < -0.39 is 0 Å². The fourth-order valence-corrected chi connectivity index (χ4v) is 1.53. The van der Waals surface area contributed by atoms with E-state index in [2.05, 4.69) is 26.1 Å². The van der Waals surface area contributed by atoms with E-state index in [1.54, 1.807) is 14.2 Å². The number of methoxy groups -OCH3 is 2. The van der Waals surface area contributed by atoms with Crippen molar-refractivity contribution in [3.05, 3.63) is 18.2 Å². The highest BCUT2D eigenvalue weighted by Crippen LogP contribution is 2.30. The standard InChI is InChI=1S/C14H23NO2/c1-14(2,3)8-9-15-11-6-7-12(16-4)13(10-11)17-5/h6-7,10,15H,8-9H2,1-5H3. The van der Waals surface area contributed by atoms with Crippen molar-refractivity contribution in [1.82, 2.24) is 0 Å². The van der Waals surface area contributed by atoms with E-state index in [1.807, 2.05) is 18.2 Å². The highest BCUT2D eigenvalue weighted by atomic mass is 16.5. The first-order valence-electron chi connectivity index (χ1n) is 5.92. The second-order valence-electron chi connectivity index (χ2n) is 5.31. The molecule has 3 heteroatoms. The van der Waals surface area contributed by atoms with Crippen LogP contribution in [0.2, 0.25) is 0 Å². The molecule has 0 saturated heterocycles. The first kappa shape index (κ1) is 13.7. The Bertz CT molecular complexity index is 356. The van der Waals surface area contributed by atoms with Gasteiger partial charge in [0.15, 0.2) is 11.5 Å². The normalized spacial score (nSPS) is 11.1. The zero-order chi connectivity index (χ0) is 12.9. The molecule has 3 nitrogen and oxygen atoms in total. The molecule has 1 N–H and O–H groups in total. The Hall–Kier alpha value is -1.38. The van der Waals surface area contributed by atoms with Gasteiger partial charge in [-0.1, -0.05) is 20.8 Å². The third-order valence-corrected chi connectivity index (χ3v) is 2.59. The van der Waals surface area contributed by atoms with Crippen molar-refractivity contribution in [3.8, 4) is 11.5 Å². The van der Waals surface area contributed by atoms with E-state index in [-0.39, 0.29) is 0 Å². The van der Waals surface area contributed by atoms with Crippen molar-refractivity contribution >= 4 is 5.69 Å². The zero-order valence-electron chi connectivity index (χ0n) is 11.5. The van der Waals surface area contributed by atoms with Gasteiger partial charge >= 0.3 is 0 Å². The molecule has 0 spiro atoms. The van der Waals surface area contributed by atoms with Gasteiger partial charge in [0.25, 0.3) is 0 Å². The lowest BCUT2D eigenvalue weighted by Crippen LogP contribution is -2.12. The van der Waals surface area contributed by atoms with Crippen LogP contribution in [0.1, 0.15) is 27.2 Å². The number of nitrogens with one attached hydrogen (secondary N) is 1. The largest absolute Gasteiger partial charge is 0.493 e. The molecule has 0 aliphatic heterocycles. The molecule has 1 aromatic rings. The molecule has 0 aliphatic carbocycles. The topological polar surface area (TPSA) is 30.5 Å². The molecule has 0 atom stereocenters. The van der Waals surface area contributed by atoms with Crippen LogP contribution in [0.4, 0.5) is 5.69 Å². The fourth-order valence-electron chi connectivity index (χ4n) is 1.53. The van der Waals surface area contributed by atoms with Gasteiger partial charge in [0.2, 0.25) is 0 Å². The Morgan fingerprint density at radius 3 is 2.24 bits per heavy atom. The number of hydrogen-bond acceptors (Lipinski definition) is 3. The average Bonchev–Trinajstić information content (AvgIpc) is 2.27. The Labute approximate surface area is 104 Å². The van der Waals surface area contributed by atoms with Crippen LogP contribution >= 0.6 is 0 Å². The maximum Gasteiger partial charge on any atom is 0.162 e. The Balaban J connectivity index is 2.60. The van der Waals surface area contributed by atoms with E-state index in [0.29, 0.717) is 5.41 Å². The van der Waals surface area contributed by atoms with E-state index in [4.69, 9.17) is 9.47 Å². The van der Waals surface area contributed by atoms with Crippen LogP contribution in [-0.2, 0) is 0 Å². The smallest absolute Gasteiger partial charge is 0.162 e. The molecule has 0 bridgehead atoms. The number of rotatable bonds is 5. The number of hydrogen-bond donors (Lipinski definition) is 1. The van der Waals surface area contributed by atoms with Crippen molar-refractivity contribution in [3.63, 3.8) is 0 Å². The lowest BCUT2D eigenvalue weighted by molar-refractivity contribution is 0.355. The summed E-state index contributed by atoms with van der Waals surface area (Å²) in [5, 5.41) is 3.39. The van der Waals surface area contributed by atoms with Crippen molar-refractivity contribution in [2.75, 3.05) is 26.1 Å². The predicted molar refractivity (Wildman–Crippen MR) is 72.1 cm³/mol. The highest BCUT2D eigenvalue weighted by Gasteiger charge is 2.09. The summed E-state index contributed by atoms with van der Waals surface area (Å²) < 4.78 is 10.5. The van der Waals surface area contributed by atoms with Crippen LogP contribution in [0.15, 0.2) is 18.2 Å². The molecular formula is C14H23NO2. The van der Waals surface area contributed by atoms with Crippen molar-refractivity contribution in [2.24, 2.45) is 5.41 Å². The van der Waals surface area contributed by atoms with Gasteiger partial charge in [0.05, 0.1) is 14.2 Å². The summed E-state index contributed by atoms with van der Waals surface area (Å²) in [6.07, 6.45) is 1.13. The number of ether oxygens (including phenoxy) is 2. The van der Waals surface area contributed by atoms with Gasteiger partial charge in [-0.3, -0.25) is 0 Å². The zero-order valence-corrected chi connectivity index (χ0v) is 11.5. The minimum absolute atomic E-state index is 0.351. The average molecular weight is 237 g/mol. The predicted octanol–water partition coefficient (Wildman–Crippen LogP) is 3.55. The molecule has 1 rings (SSSR count). The van der Waals surface area contributed by atoms with Crippen molar-refractivity contribution < 1.29 is 9.47 Å². The minimum Gasteiger partial charge on any atom is -0.493 e. The molecule has 0 radical (unpaired) electrons. The summed E-state index contributed by atoms with van der Waals surface area (Å²) in [6, 6.07) is 5.88. The van der Waals surface area contributed by atoms with E-state index in [0.717, 1.165) is 30.2 Å². The van der Waals surface area contributed by atoms with Crippen LogP contribution in [0, 0.1) is 5.41 Å². The highest BCUT2D eigenvalue weighted by molar-refractivity contribution is 5.54. The van der Waals surface area contributed by atoms with Gasteiger partial charge in [-0.05, 0) is 24.0 Å². The van der Waals surface area contributed by atoms with Gasteiger partial charge in [-0.25, -0.2) is 0 Å². The molecule has 0 saturated carbocycles. The van der Waals surface area contributed by atoms with Crippen molar-refractivity contribution in [1.29, 1.82) is 0 Å². The van der Waals surface area contributed by atoms with Gasteiger partial charge < -0.3 is 14.8 Å². The maximum atomic E-state index is 5.26. The fraction of sp³-hybridized carbons (Fsp3) is 0.571. The van der Waals surface area contributed by atoms with Crippen LogP contribution in [0.3, 0.4) is 0 Å². The molecule has 0 amide bonds. The van der Waals surface area contributed by atoms with Gasteiger partial charge in [0.1, 0.15) is 0 Å². The molecule has 96 valence electrons. The molecule has 0 aliphatic rings. The lowest BCUT2D eigenvalue weighted by Gasteiger charge is -2.19. The Morgan fingerprint density at radius 2 is 1.71 bits per heavy atom. The van der Waals surface area contributed by atoms with Gasteiger partial charge in [-0.15, -0.1) is 0 Å². The molecular weight excluding hydrogens is 214 g/mol. The minimum atomic E-state index is 0.351. The van der Waals surface area contributed by atoms with E-state index >= 15 is 0 Å². The SMILES string of the molecule is COc1ccc(NCCC(C)(C)C)cc1OC. The molecule has 0 aromatic heterocycles. The van der Waals surface area contributed by atoms with E-state index in [1.165, 1.54) is 0 Å². The number of anilines is 1. The van der Waals surface area contributed by atoms with Gasteiger partial charge in [-0.2, -0.15) is 0 Å². The van der Waals surface area contributed by atoms with E-state index in [9.17, 15) is 0 Å². The Kier molecular flexibility index (Phi) is 4.67. The second-order valence-corrected chi connectivity index (χ2v) is 5.31. The number of benzene rings is 1.